The summed E-state index contributed by atoms with van der Waals surface area (Å²) in [6, 6.07) is 5.93. The van der Waals surface area contributed by atoms with E-state index in [1.165, 1.54) is 0 Å². The number of H-pyrrole nitrogens is 1. The Hall–Kier alpha value is -2.34. The van der Waals surface area contributed by atoms with Gasteiger partial charge in [-0.3, -0.25) is 4.79 Å². The molecule has 1 fully saturated rings. The van der Waals surface area contributed by atoms with Gasteiger partial charge in [0.2, 0.25) is 0 Å². The number of rotatable bonds is 3. The van der Waals surface area contributed by atoms with Gasteiger partial charge in [0.05, 0.1) is 13.2 Å². The minimum absolute atomic E-state index is 0.0559. The van der Waals surface area contributed by atoms with Crippen molar-refractivity contribution in [2.45, 2.75) is 25.8 Å². The maximum Gasteiger partial charge on any atom is 0.271 e. The van der Waals surface area contributed by atoms with E-state index in [9.17, 15) is 4.79 Å². The maximum absolute atomic E-state index is 13.1. The van der Waals surface area contributed by atoms with Crippen LogP contribution < -0.4 is 4.74 Å². The molecule has 3 heterocycles. The Balaban J connectivity index is 1.71. The lowest BCUT2D eigenvalue weighted by Crippen LogP contribution is -2.31. The normalized spacial score (nSPS) is 17.6. The summed E-state index contributed by atoms with van der Waals surface area (Å²) in [4.78, 5) is 22.8. The first kappa shape index (κ1) is 15.2. The number of carbonyl (C=O) groups excluding carboxylic acids is 1. The number of nitrogens with zero attached hydrogens (tertiary/aromatic N) is 2. The predicted molar refractivity (Wildman–Crippen MR) is 94.7 cm³/mol. The van der Waals surface area contributed by atoms with Gasteiger partial charge in [-0.2, -0.15) is 0 Å². The topological polar surface area (TPSA) is 58.2 Å². The Morgan fingerprint density at radius 3 is 3.08 bits per heavy atom. The number of ether oxygens (including phenoxy) is 1. The highest BCUT2D eigenvalue weighted by atomic mass is 32.1. The number of amides is 1. The highest BCUT2D eigenvalue weighted by Gasteiger charge is 2.33. The predicted octanol–water partition coefficient (Wildman–Crippen LogP) is 3.92. The minimum atomic E-state index is 0.0559. The highest BCUT2D eigenvalue weighted by molar-refractivity contribution is 7.09. The molecule has 1 aliphatic rings. The van der Waals surface area contributed by atoms with Crippen molar-refractivity contribution in [3.05, 3.63) is 46.0 Å². The van der Waals surface area contributed by atoms with Gasteiger partial charge in [-0.25, -0.2) is 4.98 Å². The van der Waals surface area contributed by atoms with Crippen LogP contribution in [0, 0.1) is 6.92 Å². The van der Waals surface area contributed by atoms with Crippen LogP contribution in [-0.2, 0) is 0 Å². The summed E-state index contributed by atoms with van der Waals surface area (Å²) in [5.41, 5.74) is 2.60. The number of methoxy groups -OCH3 is 1. The lowest BCUT2D eigenvalue weighted by molar-refractivity contribution is 0.0729. The van der Waals surface area contributed by atoms with E-state index in [-0.39, 0.29) is 11.9 Å². The van der Waals surface area contributed by atoms with Crippen molar-refractivity contribution < 1.29 is 9.53 Å². The molecule has 1 atom stereocenters. The third-order valence-electron chi connectivity index (χ3n) is 4.73. The number of nitrogens with one attached hydrogen (secondary N) is 1. The van der Waals surface area contributed by atoms with E-state index >= 15 is 0 Å². The van der Waals surface area contributed by atoms with E-state index in [0.29, 0.717) is 5.69 Å². The fourth-order valence-electron chi connectivity index (χ4n) is 3.46. The minimum Gasteiger partial charge on any atom is -0.497 e. The van der Waals surface area contributed by atoms with E-state index < -0.39 is 0 Å². The van der Waals surface area contributed by atoms with E-state index in [0.717, 1.165) is 46.6 Å². The SMILES string of the molecule is COc1ccc2[nH]c(C(=O)N3CCCC3c3nccs3)c(C)c2c1. The number of aromatic nitrogens is 2. The molecule has 3 aromatic rings. The quantitative estimate of drug-likeness (QED) is 0.785. The fourth-order valence-corrected chi connectivity index (χ4v) is 4.24. The van der Waals surface area contributed by atoms with E-state index in [4.69, 9.17) is 4.74 Å². The smallest absolute Gasteiger partial charge is 0.271 e. The number of aryl methyl sites for hydroxylation is 1. The van der Waals surface area contributed by atoms with Crippen molar-refractivity contribution in [2.24, 2.45) is 0 Å². The molecule has 0 radical (unpaired) electrons. The molecule has 0 saturated carbocycles. The lowest BCUT2D eigenvalue weighted by Gasteiger charge is -2.22. The number of benzene rings is 1. The van der Waals surface area contributed by atoms with Crippen LogP contribution in [0.3, 0.4) is 0 Å². The van der Waals surface area contributed by atoms with Crippen molar-refractivity contribution in [3.63, 3.8) is 0 Å². The van der Waals surface area contributed by atoms with Crippen LogP contribution in [0.25, 0.3) is 10.9 Å². The second-order valence-electron chi connectivity index (χ2n) is 6.06. The lowest BCUT2D eigenvalue weighted by atomic mass is 10.1. The standard InChI is InChI=1S/C18H19N3O2S/c1-11-13-10-12(23-2)5-6-14(13)20-16(11)18(22)21-8-3-4-15(21)17-19-7-9-24-17/h5-7,9-10,15,20H,3-4,8H2,1-2H3. The number of aromatic amines is 1. The number of hydrogen-bond donors (Lipinski definition) is 1. The Morgan fingerprint density at radius 2 is 2.33 bits per heavy atom. The van der Waals surface area contributed by atoms with E-state index in [1.807, 2.05) is 35.4 Å². The molecule has 1 N–H and O–H groups in total. The average molecular weight is 341 g/mol. The van der Waals surface area contributed by atoms with Crippen LogP contribution in [0.4, 0.5) is 0 Å². The average Bonchev–Trinajstić information content (AvgIpc) is 3.33. The molecule has 0 spiro atoms. The molecule has 0 bridgehead atoms. The van der Waals surface area contributed by atoms with Crippen molar-refractivity contribution in [2.75, 3.05) is 13.7 Å². The summed E-state index contributed by atoms with van der Waals surface area (Å²) in [7, 11) is 1.65. The summed E-state index contributed by atoms with van der Waals surface area (Å²) in [6.07, 6.45) is 3.80. The molecule has 124 valence electrons. The zero-order valence-electron chi connectivity index (χ0n) is 13.7. The first-order chi connectivity index (χ1) is 11.7. The molecule has 1 aliphatic heterocycles. The highest BCUT2D eigenvalue weighted by Crippen LogP contribution is 2.35. The number of hydrogen-bond acceptors (Lipinski definition) is 4. The monoisotopic (exact) mass is 341 g/mol. The molecule has 1 amide bonds. The summed E-state index contributed by atoms with van der Waals surface area (Å²) < 4.78 is 5.30. The van der Waals surface area contributed by atoms with E-state index in [2.05, 4.69) is 9.97 Å². The number of thiazole rings is 1. The Kier molecular flexibility index (Phi) is 3.76. The van der Waals surface area contributed by atoms with Gasteiger partial charge in [0.1, 0.15) is 16.5 Å². The van der Waals surface area contributed by atoms with Gasteiger partial charge in [0.15, 0.2) is 0 Å². The molecule has 1 saturated heterocycles. The Bertz CT molecular complexity index is 885. The number of fused-ring (bicyclic) bond motifs is 1. The zero-order chi connectivity index (χ0) is 16.7. The molecule has 1 unspecified atom stereocenters. The fraction of sp³-hybridized carbons (Fsp3) is 0.333. The third kappa shape index (κ3) is 2.38. The van der Waals surface area contributed by atoms with Gasteiger partial charge in [-0.05, 0) is 43.5 Å². The van der Waals surface area contributed by atoms with Crippen LogP contribution in [0.5, 0.6) is 5.75 Å². The first-order valence-electron chi connectivity index (χ1n) is 8.05. The second-order valence-corrected chi connectivity index (χ2v) is 6.99. The van der Waals surface area contributed by atoms with Crippen molar-refractivity contribution in [3.8, 4) is 5.75 Å². The summed E-state index contributed by atoms with van der Waals surface area (Å²) >= 11 is 1.62. The molecule has 0 aliphatic carbocycles. The van der Waals surface area contributed by atoms with Crippen LogP contribution >= 0.6 is 11.3 Å². The zero-order valence-corrected chi connectivity index (χ0v) is 14.5. The molecule has 24 heavy (non-hydrogen) atoms. The molecular formula is C18H19N3O2S. The summed E-state index contributed by atoms with van der Waals surface area (Å²) in [6.45, 7) is 2.77. The van der Waals surface area contributed by atoms with Crippen LogP contribution in [0.1, 0.15) is 39.9 Å². The van der Waals surface area contributed by atoms with Crippen LogP contribution in [0.15, 0.2) is 29.8 Å². The van der Waals surface area contributed by atoms with Crippen molar-refractivity contribution >= 4 is 28.1 Å². The van der Waals surface area contributed by atoms with Gasteiger partial charge in [-0.15, -0.1) is 11.3 Å². The molecule has 4 rings (SSSR count). The largest absolute Gasteiger partial charge is 0.497 e. The van der Waals surface area contributed by atoms with Gasteiger partial charge < -0.3 is 14.6 Å². The molecule has 6 heteroatoms. The van der Waals surface area contributed by atoms with Crippen molar-refractivity contribution in [1.82, 2.24) is 14.9 Å². The second kappa shape index (κ2) is 5.94. The first-order valence-corrected chi connectivity index (χ1v) is 8.93. The number of carbonyl (C=O) groups is 1. The Labute approximate surface area is 144 Å². The molecule has 2 aromatic heterocycles. The molecular weight excluding hydrogens is 322 g/mol. The van der Waals surface area contributed by atoms with E-state index in [1.54, 1.807) is 24.6 Å². The third-order valence-corrected chi connectivity index (χ3v) is 5.61. The maximum atomic E-state index is 13.1. The van der Waals surface area contributed by atoms with Crippen LogP contribution in [-0.4, -0.2) is 34.4 Å². The van der Waals surface area contributed by atoms with Gasteiger partial charge >= 0.3 is 0 Å². The molecule has 5 nitrogen and oxygen atoms in total. The van der Waals surface area contributed by atoms with Gasteiger partial charge in [0.25, 0.3) is 5.91 Å². The summed E-state index contributed by atoms with van der Waals surface area (Å²) in [5.74, 6) is 0.853. The van der Waals surface area contributed by atoms with Gasteiger partial charge in [0, 0.05) is 29.0 Å². The number of likely N-dealkylation sites (tertiary alicyclic amines) is 1. The summed E-state index contributed by atoms with van der Waals surface area (Å²) in [5, 5.41) is 4.02. The van der Waals surface area contributed by atoms with Crippen LogP contribution in [0.2, 0.25) is 0 Å². The van der Waals surface area contributed by atoms with Crippen molar-refractivity contribution in [1.29, 1.82) is 0 Å². The Morgan fingerprint density at radius 1 is 1.46 bits per heavy atom. The molecule has 1 aromatic carbocycles. The van der Waals surface area contributed by atoms with Gasteiger partial charge in [-0.1, -0.05) is 0 Å².